The van der Waals surface area contributed by atoms with Gasteiger partial charge in [-0.1, -0.05) is 0 Å². The number of nitrogens with zero attached hydrogens (tertiary/aromatic N) is 2. The number of halogens is 1. The number of anilines is 1. The zero-order chi connectivity index (χ0) is 15.8. The number of nitrogen functional groups attached to an aromatic ring is 1. The van der Waals surface area contributed by atoms with Crippen LogP contribution in [0.3, 0.4) is 0 Å². The molecule has 1 amide bonds. The molecule has 1 aromatic rings. The van der Waals surface area contributed by atoms with E-state index in [2.05, 4.69) is 0 Å². The maximum absolute atomic E-state index is 13.3. The molecular formula is C13H18FN3O3S. The molecule has 2 N–H and O–H groups in total. The molecule has 1 atom stereocenters. The number of rotatable bonds is 3. The highest BCUT2D eigenvalue weighted by molar-refractivity contribution is 7.89. The van der Waals surface area contributed by atoms with E-state index >= 15 is 0 Å². The summed E-state index contributed by atoms with van der Waals surface area (Å²) in [5, 5.41) is 0. The van der Waals surface area contributed by atoms with Crippen molar-refractivity contribution in [3.05, 3.63) is 24.0 Å². The minimum absolute atomic E-state index is 0.0284. The molecule has 1 aliphatic rings. The Bertz CT molecular complexity index is 661. The molecule has 1 saturated heterocycles. The number of sulfonamides is 1. The highest BCUT2D eigenvalue weighted by Crippen LogP contribution is 2.30. The molecule has 0 saturated carbocycles. The maximum Gasteiger partial charge on any atom is 0.245 e. The summed E-state index contributed by atoms with van der Waals surface area (Å²) in [5.41, 5.74) is 5.63. The van der Waals surface area contributed by atoms with E-state index in [9.17, 15) is 17.6 Å². The fourth-order valence-electron chi connectivity index (χ4n) is 2.43. The molecule has 1 fully saturated rings. The van der Waals surface area contributed by atoms with Gasteiger partial charge in [-0.25, -0.2) is 12.8 Å². The second kappa shape index (κ2) is 5.61. The van der Waals surface area contributed by atoms with Gasteiger partial charge in [0, 0.05) is 20.6 Å². The zero-order valence-electron chi connectivity index (χ0n) is 11.9. The molecule has 0 aliphatic carbocycles. The van der Waals surface area contributed by atoms with Gasteiger partial charge in [0.1, 0.15) is 16.8 Å². The topological polar surface area (TPSA) is 83.7 Å². The van der Waals surface area contributed by atoms with Gasteiger partial charge in [0.15, 0.2) is 0 Å². The molecule has 21 heavy (non-hydrogen) atoms. The number of nitrogens with two attached hydrogens (primary N) is 1. The zero-order valence-corrected chi connectivity index (χ0v) is 12.7. The van der Waals surface area contributed by atoms with E-state index in [4.69, 9.17) is 5.73 Å². The first-order chi connectivity index (χ1) is 9.75. The average molecular weight is 315 g/mol. The van der Waals surface area contributed by atoms with Crippen molar-refractivity contribution in [1.29, 1.82) is 0 Å². The highest BCUT2D eigenvalue weighted by atomic mass is 32.2. The summed E-state index contributed by atoms with van der Waals surface area (Å²) in [4.78, 5) is 13.2. The van der Waals surface area contributed by atoms with E-state index < -0.39 is 21.9 Å². The number of hydrogen-bond donors (Lipinski definition) is 1. The van der Waals surface area contributed by atoms with Crippen molar-refractivity contribution in [1.82, 2.24) is 9.21 Å². The van der Waals surface area contributed by atoms with E-state index in [1.807, 2.05) is 0 Å². The molecule has 8 heteroatoms. The minimum atomic E-state index is -4.00. The van der Waals surface area contributed by atoms with Crippen molar-refractivity contribution in [2.45, 2.75) is 23.8 Å². The van der Waals surface area contributed by atoms with Crippen LogP contribution in [0.15, 0.2) is 23.1 Å². The molecule has 0 bridgehead atoms. The summed E-state index contributed by atoms with van der Waals surface area (Å²) in [7, 11) is -0.856. The molecule has 1 aromatic carbocycles. The van der Waals surface area contributed by atoms with E-state index in [1.165, 1.54) is 11.0 Å². The summed E-state index contributed by atoms with van der Waals surface area (Å²) in [6, 6.07) is 2.44. The van der Waals surface area contributed by atoms with Crippen molar-refractivity contribution >= 4 is 21.6 Å². The monoisotopic (exact) mass is 315 g/mol. The Morgan fingerprint density at radius 1 is 1.43 bits per heavy atom. The quantitative estimate of drug-likeness (QED) is 0.830. The normalized spacial score (nSPS) is 19.7. The van der Waals surface area contributed by atoms with Crippen molar-refractivity contribution in [2.75, 3.05) is 26.4 Å². The number of carbonyl (C=O) groups excluding carboxylic acids is 1. The van der Waals surface area contributed by atoms with Crippen LogP contribution in [0.25, 0.3) is 0 Å². The van der Waals surface area contributed by atoms with Crippen molar-refractivity contribution in [3.63, 3.8) is 0 Å². The van der Waals surface area contributed by atoms with Crippen LogP contribution in [-0.2, 0) is 14.8 Å². The molecule has 6 nitrogen and oxygen atoms in total. The first kappa shape index (κ1) is 15.7. The van der Waals surface area contributed by atoms with Crippen LogP contribution in [0.1, 0.15) is 12.8 Å². The van der Waals surface area contributed by atoms with Crippen molar-refractivity contribution < 1.29 is 17.6 Å². The lowest BCUT2D eigenvalue weighted by Gasteiger charge is -2.26. The second-order valence-electron chi connectivity index (χ2n) is 5.19. The average Bonchev–Trinajstić information content (AvgIpc) is 2.90. The Labute approximate surface area is 123 Å². The number of likely N-dealkylation sites (N-methyl/N-ethyl adjacent to an activating group) is 1. The lowest BCUT2D eigenvalue weighted by molar-refractivity contribution is -0.132. The number of amides is 1. The largest absolute Gasteiger partial charge is 0.398 e. The van der Waals surface area contributed by atoms with Gasteiger partial charge >= 0.3 is 0 Å². The Morgan fingerprint density at radius 2 is 2.10 bits per heavy atom. The second-order valence-corrected chi connectivity index (χ2v) is 7.05. The molecule has 116 valence electrons. The molecule has 1 heterocycles. The van der Waals surface area contributed by atoms with Gasteiger partial charge in [-0.05, 0) is 31.0 Å². The first-order valence-electron chi connectivity index (χ1n) is 6.53. The molecule has 2 rings (SSSR count). The third-order valence-corrected chi connectivity index (χ3v) is 5.46. The van der Waals surface area contributed by atoms with Crippen LogP contribution in [0, 0.1) is 5.82 Å². The Hall–Kier alpha value is -1.67. The summed E-state index contributed by atoms with van der Waals surface area (Å²) < 4.78 is 39.8. The Balaban J connectivity index is 2.43. The highest BCUT2D eigenvalue weighted by Gasteiger charge is 2.40. The maximum atomic E-state index is 13.3. The van der Waals surface area contributed by atoms with E-state index in [0.717, 1.165) is 16.4 Å². The first-order valence-corrected chi connectivity index (χ1v) is 7.97. The lowest BCUT2D eigenvalue weighted by Crippen LogP contribution is -2.45. The van der Waals surface area contributed by atoms with Gasteiger partial charge in [0.05, 0.1) is 5.69 Å². The van der Waals surface area contributed by atoms with Crippen LogP contribution in [0.4, 0.5) is 10.1 Å². The molecular weight excluding hydrogens is 297 g/mol. The fourth-order valence-corrected chi connectivity index (χ4v) is 4.21. The van der Waals surface area contributed by atoms with Gasteiger partial charge in [-0.3, -0.25) is 4.79 Å². The van der Waals surface area contributed by atoms with Gasteiger partial charge < -0.3 is 10.6 Å². The van der Waals surface area contributed by atoms with Crippen LogP contribution in [-0.4, -0.2) is 50.2 Å². The third kappa shape index (κ3) is 2.86. The molecule has 1 unspecified atom stereocenters. The predicted molar refractivity (Wildman–Crippen MR) is 76.4 cm³/mol. The van der Waals surface area contributed by atoms with Gasteiger partial charge in [-0.15, -0.1) is 0 Å². The standard InChI is InChI=1S/C13H18FN3O3S/c1-16(2)13(18)11-4-3-7-17(11)21(19,20)12-8-9(14)5-6-10(12)15/h5-6,8,11H,3-4,7,15H2,1-2H3. The number of hydrogen-bond acceptors (Lipinski definition) is 4. The lowest BCUT2D eigenvalue weighted by atomic mass is 10.2. The van der Waals surface area contributed by atoms with Crippen LogP contribution in [0.5, 0.6) is 0 Å². The minimum Gasteiger partial charge on any atom is -0.398 e. The third-order valence-electron chi connectivity index (χ3n) is 3.49. The number of benzene rings is 1. The predicted octanol–water partition coefficient (Wildman–Crippen LogP) is 0.649. The SMILES string of the molecule is CN(C)C(=O)C1CCCN1S(=O)(=O)c1cc(F)ccc1N. The Morgan fingerprint density at radius 3 is 2.71 bits per heavy atom. The van der Waals surface area contributed by atoms with E-state index in [1.54, 1.807) is 14.1 Å². The van der Waals surface area contributed by atoms with Gasteiger partial charge in [0.2, 0.25) is 15.9 Å². The molecule has 0 aromatic heterocycles. The Kier molecular flexibility index (Phi) is 4.20. The van der Waals surface area contributed by atoms with E-state index in [-0.39, 0.29) is 23.0 Å². The molecule has 1 aliphatic heterocycles. The van der Waals surface area contributed by atoms with Crippen LogP contribution in [0.2, 0.25) is 0 Å². The van der Waals surface area contributed by atoms with Gasteiger partial charge in [0.25, 0.3) is 0 Å². The van der Waals surface area contributed by atoms with Crippen LogP contribution < -0.4 is 5.73 Å². The van der Waals surface area contributed by atoms with Crippen molar-refractivity contribution in [2.24, 2.45) is 0 Å². The fraction of sp³-hybridized carbons (Fsp3) is 0.462. The summed E-state index contributed by atoms with van der Waals surface area (Å²) in [6.45, 7) is 0.225. The summed E-state index contributed by atoms with van der Waals surface area (Å²) in [5.74, 6) is -0.969. The van der Waals surface area contributed by atoms with Crippen LogP contribution >= 0.6 is 0 Å². The molecule has 0 spiro atoms. The van der Waals surface area contributed by atoms with Crippen molar-refractivity contribution in [3.8, 4) is 0 Å². The van der Waals surface area contributed by atoms with Gasteiger partial charge in [-0.2, -0.15) is 4.31 Å². The summed E-state index contributed by atoms with van der Waals surface area (Å²) >= 11 is 0. The number of carbonyl (C=O) groups is 1. The van der Waals surface area contributed by atoms with E-state index in [0.29, 0.717) is 12.8 Å². The molecule has 0 radical (unpaired) electrons. The smallest absolute Gasteiger partial charge is 0.245 e. The summed E-state index contributed by atoms with van der Waals surface area (Å²) in [6.07, 6.45) is 1.03.